The van der Waals surface area contributed by atoms with Gasteiger partial charge in [0.1, 0.15) is 43.2 Å². The predicted molar refractivity (Wildman–Crippen MR) is 230 cm³/mol. The lowest BCUT2D eigenvalue weighted by Crippen LogP contribution is -2.64. The van der Waals surface area contributed by atoms with Gasteiger partial charge in [0.25, 0.3) is 0 Å². The smallest absolute Gasteiger partial charge is 0.462 e. The number of aliphatic hydroxyl groups is 5. The molecular formula is C45H79O13P. The van der Waals surface area contributed by atoms with Crippen molar-refractivity contribution in [3.8, 4) is 0 Å². The highest BCUT2D eigenvalue weighted by atomic mass is 31.2. The molecule has 6 unspecified atom stereocenters. The van der Waals surface area contributed by atoms with E-state index in [4.69, 9.17) is 18.5 Å². The molecule has 0 amide bonds. The summed E-state index contributed by atoms with van der Waals surface area (Å²) in [6.07, 6.45) is 28.0. The number of aliphatic hydroxyl groups excluding tert-OH is 5. The van der Waals surface area contributed by atoms with Crippen LogP contribution in [0.1, 0.15) is 168 Å². The number of hydrogen-bond acceptors (Lipinski definition) is 12. The number of ether oxygens (including phenoxy) is 2. The Morgan fingerprint density at radius 1 is 0.576 bits per heavy atom. The lowest BCUT2D eigenvalue weighted by Gasteiger charge is -2.41. The number of phosphoric acid groups is 1. The summed E-state index contributed by atoms with van der Waals surface area (Å²) in [4.78, 5) is 35.5. The number of allylic oxidation sites excluding steroid dienone is 7. The fourth-order valence-corrected chi connectivity index (χ4v) is 7.55. The summed E-state index contributed by atoms with van der Waals surface area (Å²) in [5.74, 6) is -1.37. The highest BCUT2D eigenvalue weighted by Crippen LogP contribution is 2.47. The van der Waals surface area contributed by atoms with Crippen LogP contribution in [0.5, 0.6) is 0 Å². The minimum atomic E-state index is -5.15. The Bertz CT molecular complexity index is 1220. The van der Waals surface area contributed by atoms with E-state index in [1.165, 1.54) is 83.1 Å². The normalized spacial score (nSPS) is 22.8. The molecule has 0 bridgehead atoms. The topological polar surface area (TPSA) is 210 Å². The maximum absolute atomic E-state index is 12.8. The molecule has 1 aliphatic carbocycles. The zero-order chi connectivity index (χ0) is 43.6. The fraction of sp³-hybridized carbons (Fsp3) is 0.778. The maximum atomic E-state index is 12.8. The first-order chi connectivity index (χ1) is 28.4. The van der Waals surface area contributed by atoms with E-state index in [2.05, 4.69) is 38.2 Å². The van der Waals surface area contributed by atoms with Crippen LogP contribution >= 0.6 is 7.82 Å². The second-order valence-electron chi connectivity index (χ2n) is 15.6. The highest BCUT2D eigenvalue weighted by molar-refractivity contribution is 7.47. The molecule has 0 spiro atoms. The molecule has 0 radical (unpaired) electrons. The van der Waals surface area contributed by atoms with Gasteiger partial charge in [0.15, 0.2) is 6.10 Å². The van der Waals surface area contributed by atoms with E-state index in [0.29, 0.717) is 6.42 Å². The second-order valence-corrected chi connectivity index (χ2v) is 17.0. The molecule has 6 N–H and O–H groups in total. The fourth-order valence-electron chi connectivity index (χ4n) is 6.58. The summed E-state index contributed by atoms with van der Waals surface area (Å²) in [7, 11) is -5.15. The van der Waals surface area contributed by atoms with Gasteiger partial charge in [-0.25, -0.2) is 9.36 Å². The molecule has 342 valence electrons. The van der Waals surface area contributed by atoms with Crippen molar-refractivity contribution in [3.05, 3.63) is 48.6 Å². The third-order valence-electron chi connectivity index (χ3n) is 10.2. The third-order valence-corrected chi connectivity index (χ3v) is 11.2. The van der Waals surface area contributed by atoms with Crippen LogP contribution in [-0.4, -0.2) is 98.3 Å². The van der Waals surface area contributed by atoms with Crippen LogP contribution < -0.4 is 0 Å². The number of carbonyl (C=O) groups excluding carboxylic acids is 2. The zero-order valence-electron chi connectivity index (χ0n) is 36.0. The van der Waals surface area contributed by atoms with Crippen molar-refractivity contribution in [1.29, 1.82) is 0 Å². The second kappa shape index (κ2) is 35.4. The monoisotopic (exact) mass is 859 g/mol. The summed E-state index contributed by atoms with van der Waals surface area (Å²) in [6, 6.07) is 0. The van der Waals surface area contributed by atoms with Gasteiger partial charge in [-0.1, -0.05) is 153 Å². The SMILES string of the molecule is CCCCC/C=C/C/C=C/CCCCCCCC(=O)OC[C@H](COP(=O)(O)OC1C(O)C(O)C(O)[C@@H](O)C1O)OC(=O)/C=C/C=C/CCCCCCCCCCCCC. The van der Waals surface area contributed by atoms with Gasteiger partial charge < -0.3 is 39.9 Å². The van der Waals surface area contributed by atoms with Gasteiger partial charge in [-0.3, -0.25) is 13.8 Å². The molecule has 14 heteroatoms. The summed E-state index contributed by atoms with van der Waals surface area (Å²) in [5, 5.41) is 50.1. The molecule has 0 heterocycles. The molecule has 13 nitrogen and oxygen atoms in total. The first kappa shape index (κ1) is 54.8. The molecule has 1 fully saturated rings. The van der Waals surface area contributed by atoms with Crippen molar-refractivity contribution in [1.82, 2.24) is 0 Å². The van der Waals surface area contributed by atoms with E-state index in [0.717, 1.165) is 70.3 Å². The van der Waals surface area contributed by atoms with E-state index >= 15 is 0 Å². The third kappa shape index (κ3) is 28.1. The van der Waals surface area contributed by atoms with E-state index in [1.807, 2.05) is 6.08 Å². The number of phosphoric ester groups is 1. The molecule has 0 aromatic carbocycles. The van der Waals surface area contributed by atoms with Crippen molar-refractivity contribution in [2.75, 3.05) is 13.2 Å². The molecule has 59 heavy (non-hydrogen) atoms. The van der Waals surface area contributed by atoms with Gasteiger partial charge in [0, 0.05) is 12.5 Å². The van der Waals surface area contributed by atoms with Gasteiger partial charge in [0.05, 0.1) is 6.61 Å². The molecule has 0 saturated heterocycles. The number of rotatable bonds is 36. The Hall–Kier alpha value is -2.19. The Morgan fingerprint density at radius 3 is 1.59 bits per heavy atom. The predicted octanol–water partition coefficient (Wildman–Crippen LogP) is 8.39. The van der Waals surface area contributed by atoms with Gasteiger partial charge >= 0.3 is 19.8 Å². The van der Waals surface area contributed by atoms with E-state index < -0.39 is 75.7 Å². The average molecular weight is 859 g/mol. The minimum absolute atomic E-state index is 0.130. The number of unbranched alkanes of at least 4 members (excludes halogenated alkanes) is 19. The Balaban J connectivity index is 2.54. The summed E-state index contributed by atoms with van der Waals surface area (Å²) in [6.45, 7) is 3.15. The van der Waals surface area contributed by atoms with Crippen LogP contribution in [0.15, 0.2) is 48.6 Å². The lowest BCUT2D eigenvalue weighted by atomic mass is 9.85. The quantitative estimate of drug-likeness (QED) is 0.00875. The van der Waals surface area contributed by atoms with E-state index in [9.17, 15) is 44.6 Å². The van der Waals surface area contributed by atoms with Gasteiger partial charge in [-0.15, -0.1) is 0 Å². The molecule has 0 aliphatic heterocycles. The van der Waals surface area contributed by atoms with Crippen LogP contribution in [0.2, 0.25) is 0 Å². The molecule has 0 aromatic heterocycles. The van der Waals surface area contributed by atoms with E-state index in [-0.39, 0.29) is 6.42 Å². The Labute approximate surface area is 354 Å². The van der Waals surface area contributed by atoms with Gasteiger partial charge in [-0.2, -0.15) is 0 Å². The maximum Gasteiger partial charge on any atom is 0.472 e. The summed E-state index contributed by atoms with van der Waals surface area (Å²) in [5.41, 5.74) is 0. The Morgan fingerprint density at radius 2 is 1.03 bits per heavy atom. The van der Waals surface area contributed by atoms with Crippen LogP contribution in [0.4, 0.5) is 0 Å². The summed E-state index contributed by atoms with van der Waals surface area (Å²) < 4.78 is 33.3. The van der Waals surface area contributed by atoms with Gasteiger partial charge in [0.2, 0.25) is 0 Å². The standard InChI is InChI=1S/C45H79O13P/c1-3-5-7-9-11-13-15-17-19-21-23-25-27-29-31-33-38(46)55-35-37(36-56-59(53,54)58-45-43(51)41(49)40(48)42(50)44(45)52)57-39(47)34-32-30-28-26-24-22-20-18-16-14-12-10-8-6-4-2/h11,13,17,19,28,30,32,34,37,40-45,48-52H,3-10,12,14-16,18,20-27,29,31,33,35-36H2,1-2H3,(H,53,54)/b13-11+,19-17+,30-28+,34-32+/t37-,40?,41-,42?,43?,44?,45?/m1/s1. The van der Waals surface area contributed by atoms with E-state index in [1.54, 1.807) is 6.08 Å². The molecule has 1 rings (SSSR count). The summed E-state index contributed by atoms with van der Waals surface area (Å²) >= 11 is 0. The average Bonchev–Trinajstić information content (AvgIpc) is 3.21. The number of hydrogen-bond donors (Lipinski definition) is 6. The van der Waals surface area contributed by atoms with Crippen LogP contribution in [0, 0.1) is 0 Å². The largest absolute Gasteiger partial charge is 0.472 e. The van der Waals surface area contributed by atoms with Crippen LogP contribution in [0.25, 0.3) is 0 Å². The number of carbonyl (C=O) groups is 2. The first-order valence-corrected chi connectivity index (χ1v) is 24.0. The molecule has 1 aliphatic rings. The van der Waals surface area contributed by atoms with Crippen molar-refractivity contribution >= 4 is 19.8 Å². The van der Waals surface area contributed by atoms with Crippen LogP contribution in [0.3, 0.4) is 0 Å². The molecule has 1 saturated carbocycles. The molecular weight excluding hydrogens is 779 g/mol. The lowest BCUT2D eigenvalue weighted by molar-refractivity contribution is -0.220. The Kier molecular flexibility index (Phi) is 32.9. The van der Waals surface area contributed by atoms with Crippen molar-refractivity contribution < 1.29 is 63.1 Å². The highest BCUT2D eigenvalue weighted by Gasteiger charge is 2.51. The first-order valence-electron chi connectivity index (χ1n) is 22.5. The van der Waals surface area contributed by atoms with Gasteiger partial charge in [-0.05, 0) is 51.4 Å². The van der Waals surface area contributed by atoms with Crippen molar-refractivity contribution in [2.45, 2.75) is 211 Å². The van der Waals surface area contributed by atoms with Crippen molar-refractivity contribution in [3.63, 3.8) is 0 Å². The molecule has 8 atom stereocenters. The van der Waals surface area contributed by atoms with Crippen molar-refractivity contribution in [2.24, 2.45) is 0 Å². The van der Waals surface area contributed by atoms with Crippen LogP contribution in [-0.2, 0) is 32.7 Å². The molecule has 0 aromatic rings. The minimum Gasteiger partial charge on any atom is -0.462 e. The number of esters is 2. The zero-order valence-corrected chi connectivity index (χ0v) is 36.9.